The number of aromatic nitrogens is 3. The molecule has 0 unspecified atom stereocenters. The highest BCUT2D eigenvalue weighted by atomic mass is 16.6. The molecule has 0 radical (unpaired) electrons. The van der Waals surface area contributed by atoms with Crippen molar-refractivity contribution in [3.8, 4) is 0 Å². The van der Waals surface area contributed by atoms with Crippen LogP contribution in [0.1, 0.15) is 11.4 Å². The lowest BCUT2D eigenvalue weighted by molar-refractivity contribution is -0.385. The highest BCUT2D eigenvalue weighted by molar-refractivity contribution is 5.40. The van der Waals surface area contributed by atoms with Crippen molar-refractivity contribution in [3.63, 3.8) is 0 Å². The van der Waals surface area contributed by atoms with Crippen LogP contribution in [0, 0.1) is 10.1 Å². The molecule has 0 spiro atoms. The molecule has 3 aromatic rings. The molecule has 0 saturated heterocycles. The van der Waals surface area contributed by atoms with Gasteiger partial charge < -0.3 is 9.88 Å². The zero-order valence-corrected chi connectivity index (χ0v) is 12.3. The number of imidazole rings is 1. The summed E-state index contributed by atoms with van der Waals surface area (Å²) in [4.78, 5) is 18.5. The molecule has 3 rings (SSSR count). The minimum absolute atomic E-state index is 0.0267. The summed E-state index contributed by atoms with van der Waals surface area (Å²) in [5.74, 6) is 1.44. The first-order chi connectivity index (χ1) is 11.2. The summed E-state index contributed by atoms with van der Waals surface area (Å²) in [5.41, 5.74) is 1.17. The van der Waals surface area contributed by atoms with Crippen molar-refractivity contribution in [2.24, 2.45) is 0 Å². The predicted molar refractivity (Wildman–Crippen MR) is 86.0 cm³/mol. The Labute approximate surface area is 132 Å². The lowest BCUT2D eigenvalue weighted by Gasteiger charge is -2.09. The van der Waals surface area contributed by atoms with E-state index in [0.29, 0.717) is 12.4 Å². The second-order valence-electron chi connectivity index (χ2n) is 4.97. The normalized spacial score (nSPS) is 10.4. The summed E-state index contributed by atoms with van der Waals surface area (Å²) in [5, 5.41) is 13.7. The molecular formula is C16H15N5O2. The Morgan fingerprint density at radius 2 is 1.96 bits per heavy atom. The van der Waals surface area contributed by atoms with Crippen LogP contribution in [0.5, 0.6) is 0 Å². The first-order valence-corrected chi connectivity index (χ1v) is 7.10. The second-order valence-corrected chi connectivity index (χ2v) is 4.97. The highest BCUT2D eigenvalue weighted by Crippen LogP contribution is 2.13. The Hall–Kier alpha value is -3.22. The van der Waals surface area contributed by atoms with Crippen molar-refractivity contribution in [1.82, 2.24) is 14.5 Å². The molecule has 0 aliphatic heterocycles. The first kappa shape index (κ1) is 14.7. The number of benzene rings is 1. The van der Waals surface area contributed by atoms with Gasteiger partial charge in [0.1, 0.15) is 17.8 Å². The topological polar surface area (TPSA) is 85.9 Å². The van der Waals surface area contributed by atoms with Gasteiger partial charge in [-0.1, -0.05) is 30.3 Å². The zero-order valence-electron chi connectivity index (χ0n) is 12.3. The maximum absolute atomic E-state index is 10.6. The molecule has 0 bridgehead atoms. The SMILES string of the molecule is O=[N+]([O-])c1ccc(NCc2nccn2Cc2ccccc2)nc1. The second kappa shape index (κ2) is 6.69. The number of nitrogens with one attached hydrogen (secondary N) is 1. The Kier molecular flexibility index (Phi) is 4.28. The molecule has 7 heteroatoms. The van der Waals surface area contributed by atoms with Crippen molar-refractivity contribution in [1.29, 1.82) is 0 Å². The van der Waals surface area contributed by atoms with Crippen LogP contribution in [0.4, 0.5) is 11.5 Å². The molecule has 2 heterocycles. The van der Waals surface area contributed by atoms with Gasteiger partial charge in [-0.2, -0.15) is 0 Å². The van der Waals surface area contributed by atoms with Gasteiger partial charge in [0.2, 0.25) is 0 Å². The van der Waals surface area contributed by atoms with Gasteiger partial charge in [-0.05, 0) is 11.6 Å². The Bertz CT molecular complexity index is 784. The Morgan fingerprint density at radius 1 is 1.13 bits per heavy atom. The summed E-state index contributed by atoms with van der Waals surface area (Å²) in [7, 11) is 0. The number of rotatable bonds is 6. The number of pyridine rings is 1. The van der Waals surface area contributed by atoms with Crippen molar-refractivity contribution in [2.75, 3.05) is 5.32 Å². The van der Waals surface area contributed by atoms with E-state index in [0.717, 1.165) is 12.4 Å². The number of hydrogen-bond acceptors (Lipinski definition) is 5. The van der Waals surface area contributed by atoms with Crippen molar-refractivity contribution in [3.05, 3.63) is 82.6 Å². The molecule has 0 aliphatic carbocycles. The van der Waals surface area contributed by atoms with Gasteiger partial charge in [-0.15, -0.1) is 0 Å². The monoisotopic (exact) mass is 309 g/mol. The number of hydrogen-bond donors (Lipinski definition) is 1. The van der Waals surface area contributed by atoms with Gasteiger partial charge in [0, 0.05) is 25.0 Å². The van der Waals surface area contributed by atoms with Crippen LogP contribution in [0.25, 0.3) is 0 Å². The van der Waals surface area contributed by atoms with E-state index in [4.69, 9.17) is 0 Å². The van der Waals surface area contributed by atoms with Crippen molar-refractivity contribution < 1.29 is 4.92 Å². The zero-order chi connectivity index (χ0) is 16.1. The van der Waals surface area contributed by atoms with Crippen LogP contribution in [0.3, 0.4) is 0 Å². The molecule has 7 nitrogen and oxygen atoms in total. The fourth-order valence-electron chi connectivity index (χ4n) is 2.20. The maximum Gasteiger partial charge on any atom is 0.287 e. The molecule has 0 saturated carbocycles. The molecule has 1 N–H and O–H groups in total. The quantitative estimate of drug-likeness (QED) is 0.559. The van der Waals surface area contributed by atoms with Crippen molar-refractivity contribution >= 4 is 11.5 Å². The summed E-state index contributed by atoms with van der Waals surface area (Å²) in [6.45, 7) is 1.23. The number of nitro groups is 1. The smallest absolute Gasteiger partial charge is 0.287 e. The molecule has 2 aromatic heterocycles. The van der Waals surface area contributed by atoms with Crippen LogP contribution in [0.2, 0.25) is 0 Å². The molecule has 1 aromatic carbocycles. The van der Waals surface area contributed by atoms with Crippen LogP contribution in [0.15, 0.2) is 61.1 Å². The number of anilines is 1. The minimum Gasteiger partial charge on any atom is -0.363 e. The van der Waals surface area contributed by atoms with Crippen LogP contribution >= 0.6 is 0 Å². The fourth-order valence-corrected chi connectivity index (χ4v) is 2.20. The van der Waals surface area contributed by atoms with Gasteiger partial charge in [-0.3, -0.25) is 10.1 Å². The average Bonchev–Trinajstić information content (AvgIpc) is 3.01. The van der Waals surface area contributed by atoms with Gasteiger partial charge in [-0.25, -0.2) is 9.97 Å². The highest BCUT2D eigenvalue weighted by Gasteiger charge is 2.07. The first-order valence-electron chi connectivity index (χ1n) is 7.10. The largest absolute Gasteiger partial charge is 0.363 e. The molecule has 0 amide bonds. The Balaban J connectivity index is 1.65. The summed E-state index contributed by atoms with van der Waals surface area (Å²) in [6, 6.07) is 13.1. The fraction of sp³-hybridized carbons (Fsp3) is 0.125. The molecule has 0 atom stereocenters. The molecule has 0 aliphatic rings. The van der Waals surface area contributed by atoms with E-state index in [1.54, 1.807) is 12.3 Å². The van der Waals surface area contributed by atoms with E-state index in [-0.39, 0.29) is 5.69 Å². The summed E-state index contributed by atoms with van der Waals surface area (Å²) < 4.78 is 2.05. The van der Waals surface area contributed by atoms with E-state index >= 15 is 0 Å². The lowest BCUT2D eigenvalue weighted by atomic mass is 10.2. The van der Waals surface area contributed by atoms with E-state index in [1.165, 1.54) is 17.8 Å². The number of nitrogens with zero attached hydrogens (tertiary/aromatic N) is 4. The van der Waals surface area contributed by atoms with Gasteiger partial charge in [0.15, 0.2) is 0 Å². The van der Waals surface area contributed by atoms with E-state index < -0.39 is 4.92 Å². The van der Waals surface area contributed by atoms with Crippen LogP contribution < -0.4 is 5.32 Å². The molecule has 116 valence electrons. The van der Waals surface area contributed by atoms with Gasteiger partial charge >= 0.3 is 0 Å². The van der Waals surface area contributed by atoms with E-state index in [1.807, 2.05) is 29.0 Å². The average molecular weight is 309 g/mol. The van der Waals surface area contributed by atoms with Gasteiger partial charge in [0.25, 0.3) is 5.69 Å². The minimum atomic E-state index is -0.469. The van der Waals surface area contributed by atoms with E-state index in [2.05, 4.69) is 27.4 Å². The lowest BCUT2D eigenvalue weighted by Crippen LogP contribution is -2.10. The van der Waals surface area contributed by atoms with Crippen molar-refractivity contribution in [2.45, 2.75) is 13.1 Å². The molecular weight excluding hydrogens is 294 g/mol. The third-order valence-corrected chi connectivity index (χ3v) is 3.38. The molecule has 0 fully saturated rings. The van der Waals surface area contributed by atoms with Gasteiger partial charge in [0.05, 0.1) is 11.5 Å². The third kappa shape index (κ3) is 3.70. The summed E-state index contributed by atoms with van der Waals surface area (Å²) in [6.07, 6.45) is 4.91. The van der Waals surface area contributed by atoms with Crippen LogP contribution in [-0.4, -0.2) is 19.5 Å². The third-order valence-electron chi connectivity index (χ3n) is 3.38. The molecule has 23 heavy (non-hydrogen) atoms. The Morgan fingerprint density at radius 3 is 2.65 bits per heavy atom. The summed E-state index contributed by atoms with van der Waals surface area (Å²) >= 11 is 0. The maximum atomic E-state index is 10.6. The standard InChI is InChI=1S/C16H15N5O2/c22-21(23)14-6-7-15(18-10-14)19-11-16-17-8-9-20(16)12-13-4-2-1-3-5-13/h1-10H,11-12H2,(H,18,19). The van der Waals surface area contributed by atoms with E-state index in [9.17, 15) is 10.1 Å². The predicted octanol–water partition coefficient (Wildman–Crippen LogP) is 2.85. The van der Waals surface area contributed by atoms with Crippen LogP contribution in [-0.2, 0) is 13.1 Å².